The van der Waals surface area contributed by atoms with Crippen molar-refractivity contribution in [2.75, 3.05) is 13.2 Å². The fourth-order valence-corrected chi connectivity index (χ4v) is 6.73. The van der Waals surface area contributed by atoms with Crippen LogP contribution in [-0.2, 0) is 28.6 Å². The summed E-state index contributed by atoms with van der Waals surface area (Å²) in [5, 5.41) is 0. The van der Waals surface area contributed by atoms with Gasteiger partial charge in [-0.3, -0.25) is 14.4 Å². The first kappa shape index (κ1) is 61.8. The number of esters is 3. The number of rotatable bonds is 46. The van der Waals surface area contributed by atoms with Crippen molar-refractivity contribution in [1.29, 1.82) is 0 Å². The molecule has 0 fully saturated rings. The summed E-state index contributed by atoms with van der Waals surface area (Å²) < 4.78 is 16.7. The molecule has 0 radical (unpaired) electrons. The molecule has 0 aromatic rings. The summed E-state index contributed by atoms with van der Waals surface area (Å²) in [4.78, 5) is 37.8. The number of hydrogen-bond donors (Lipinski definition) is 0. The Bertz CT molecular complexity index is 1420. The summed E-state index contributed by atoms with van der Waals surface area (Å²) in [5.74, 6) is -0.973. The Kier molecular flexibility index (Phi) is 50.0. The van der Waals surface area contributed by atoms with Gasteiger partial charge in [-0.25, -0.2) is 0 Å². The number of hydrogen-bond acceptors (Lipinski definition) is 6. The van der Waals surface area contributed by atoms with Crippen LogP contribution in [0.5, 0.6) is 0 Å². The monoisotopic (exact) mass is 913 g/mol. The summed E-state index contributed by atoms with van der Waals surface area (Å²) in [6.45, 7) is 6.36. The minimum atomic E-state index is -0.803. The van der Waals surface area contributed by atoms with E-state index in [1.807, 2.05) is 0 Å². The SMILES string of the molecule is CC/C=C\C/C=C\C/C=C\C/C=C\C/C=C\C/C=C\C/C=C\C/C=C\CCCCC(=O)OCC(COC(=O)CCCCCCCCCC)OC(=O)CCCCCCC/C=C\C/C=C\CCC. The molecule has 0 N–H and O–H groups in total. The minimum absolute atomic E-state index is 0.0998. The van der Waals surface area contributed by atoms with Crippen molar-refractivity contribution >= 4 is 17.9 Å². The topological polar surface area (TPSA) is 78.9 Å². The fourth-order valence-electron chi connectivity index (χ4n) is 6.73. The predicted molar refractivity (Wildman–Crippen MR) is 283 cm³/mol. The molecule has 6 nitrogen and oxygen atoms in total. The zero-order valence-corrected chi connectivity index (χ0v) is 42.4. The van der Waals surface area contributed by atoms with Crippen LogP contribution in [0.1, 0.15) is 220 Å². The number of carbonyl (C=O) groups is 3. The summed E-state index contributed by atoms with van der Waals surface area (Å²) in [6.07, 6.45) is 73.4. The molecule has 0 saturated carbocycles. The first-order chi connectivity index (χ1) is 32.5. The molecule has 0 aliphatic rings. The average Bonchev–Trinajstić information content (AvgIpc) is 3.31. The quantitative estimate of drug-likeness (QED) is 0.0262. The summed E-state index contributed by atoms with van der Waals surface area (Å²) >= 11 is 0. The second-order valence-corrected chi connectivity index (χ2v) is 17.1. The summed E-state index contributed by atoms with van der Waals surface area (Å²) in [6, 6.07) is 0. The molecule has 0 heterocycles. The van der Waals surface area contributed by atoms with Gasteiger partial charge in [0, 0.05) is 19.3 Å². The zero-order chi connectivity index (χ0) is 47.9. The van der Waals surface area contributed by atoms with Gasteiger partial charge in [-0.2, -0.15) is 0 Å². The van der Waals surface area contributed by atoms with Gasteiger partial charge in [-0.15, -0.1) is 0 Å². The van der Waals surface area contributed by atoms with Gasteiger partial charge in [-0.1, -0.05) is 213 Å². The lowest BCUT2D eigenvalue weighted by Gasteiger charge is -2.18. The van der Waals surface area contributed by atoms with Crippen molar-refractivity contribution < 1.29 is 28.6 Å². The molecule has 0 rings (SSSR count). The fraction of sp³-hybridized carbons (Fsp3) is 0.617. The molecule has 1 unspecified atom stereocenters. The molecule has 6 heteroatoms. The van der Waals surface area contributed by atoms with E-state index in [-0.39, 0.29) is 31.1 Å². The minimum Gasteiger partial charge on any atom is -0.462 e. The van der Waals surface area contributed by atoms with E-state index in [1.165, 1.54) is 38.5 Å². The van der Waals surface area contributed by atoms with E-state index >= 15 is 0 Å². The smallest absolute Gasteiger partial charge is 0.306 e. The van der Waals surface area contributed by atoms with Crippen molar-refractivity contribution in [3.63, 3.8) is 0 Å². The standard InChI is InChI=1S/C60H96O6/c1-4-7-10-13-16-19-21-23-24-25-26-27-28-29-30-31-32-33-34-35-36-38-39-41-44-47-50-53-59(62)65-56-57(55-64-58(61)52-49-46-43-18-15-12-9-6-3)66-60(63)54-51-48-45-42-40-37-22-20-17-14-11-8-5-2/h7,10-11,14,16,19-20,22-24,26-27,29-30,32-33,35-36,39,41,57H,4-6,8-9,12-13,15,17-18,21,25,28,31,34,37-38,40,42-56H2,1-3H3/b10-7-,14-11-,19-16-,22-20-,24-23-,27-26-,30-29-,33-32-,36-35-,41-39-. The predicted octanol–water partition coefficient (Wildman–Crippen LogP) is 17.7. The van der Waals surface area contributed by atoms with E-state index in [0.29, 0.717) is 25.7 Å². The van der Waals surface area contributed by atoms with Crippen LogP contribution in [-0.4, -0.2) is 37.2 Å². The molecule has 0 spiro atoms. The maximum atomic E-state index is 12.7. The van der Waals surface area contributed by atoms with Crippen LogP contribution in [0.15, 0.2) is 122 Å². The third kappa shape index (κ3) is 50.8. The lowest BCUT2D eigenvalue weighted by molar-refractivity contribution is -0.167. The Morgan fingerprint density at radius 1 is 0.318 bits per heavy atom. The van der Waals surface area contributed by atoms with Gasteiger partial charge >= 0.3 is 17.9 Å². The summed E-state index contributed by atoms with van der Waals surface area (Å²) in [7, 11) is 0. The van der Waals surface area contributed by atoms with Crippen molar-refractivity contribution in [1.82, 2.24) is 0 Å². The van der Waals surface area contributed by atoms with Crippen molar-refractivity contribution in [3.05, 3.63) is 122 Å². The molecule has 0 amide bonds. The molecular weight excluding hydrogens is 817 g/mol. The molecule has 66 heavy (non-hydrogen) atoms. The largest absolute Gasteiger partial charge is 0.462 e. The molecule has 0 aliphatic heterocycles. The van der Waals surface area contributed by atoms with Crippen LogP contribution in [0.3, 0.4) is 0 Å². The molecule has 1 atom stereocenters. The van der Waals surface area contributed by atoms with Gasteiger partial charge in [0.25, 0.3) is 0 Å². The van der Waals surface area contributed by atoms with E-state index in [0.717, 1.165) is 135 Å². The molecule has 372 valence electrons. The third-order valence-corrected chi connectivity index (χ3v) is 10.7. The highest BCUT2D eigenvalue weighted by Crippen LogP contribution is 2.13. The van der Waals surface area contributed by atoms with Crippen molar-refractivity contribution in [3.8, 4) is 0 Å². The number of unbranched alkanes of at least 4 members (excludes halogenated alkanes) is 15. The Morgan fingerprint density at radius 3 is 1.02 bits per heavy atom. The first-order valence-electron chi connectivity index (χ1n) is 26.5. The van der Waals surface area contributed by atoms with E-state index in [4.69, 9.17) is 14.2 Å². The van der Waals surface area contributed by atoms with Gasteiger partial charge in [0.15, 0.2) is 6.10 Å². The Labute approximate surface area is 405 Å². The van der Waals surface area contributed by atoms with Crippen molar-refractivity contribution in [2.24, 2.45) is 0 Å². The van der Waals surface area contributed by atoms with E-state index in [9.17, 15) is 14.4 Å². The van der Waals surface area contributed by atoms with Crippen molar-refractivity contribution in [2.45, 2.75) is 226 Å². The highest BCUT2D eigenvalue weighted by Gasteiger charge is 2.19. The lowest BCUT2D eigenvalue weighted by atomic mass is 10.1. The van der Waals surface area contributed by atoms with Gasteiger partial charge in [0.2, 0.25) is 0 Å². The average molecular weight is 913 g/mol. The number of carbonyl (C=O) groups excluding carboxylic acids is 3. The molecule has 0 saturated heterocycles. The van der Waals surface area contributed by atoms with E-state index in [2.05, 4.69) is 142 Å². The van der Waals surface area contributed by atoms with Crippen LogP contribution in [0.2, 0.25) is 0 Å². The Morgan fingerprint density at radius 2 is 0.621 bits per heavy atom. The maximum absolute atomic E-state index is 12.7. The van der Waals surface area contributed by atoms with Gasteiger partial charge < -0.3 is 14.2 Å². The first-order valence-corrected chi connectivity index (χ1v) is 26.5. The highest BCUT2D eigenvalue weighted by atomic mass is 16.6. The van der Waals surface area contributed by atoms with E-state index in [1.54, 1.807) is 0 Å². The maximum Gasteiger partial charge on any atom is 0.306 e. The third-order valence-electron chi connectivity index (χ3n) is 10.7. The van der Waals surface area contributed by atoms with Crippen LogP contribution < -0.4 is 0 Å². The number of allylic oxidation sites excluding steroid dienone is 20. The van der Waals surface area contributed by atoms with Gasteiger partial charge in [-0.05, 0) is 109 Å². The Hall–Kier alpha value is -4.19. The van der Waals surface area contributed by atoms with Crippen LogP contribution in [0, 0.1) is 0 Å². The van der Waals surface area contributed by atoms with Gasteiger partial charge in [0.05, 0.1) is 0 Å². The van der Waals surface area contributed by atoms with Crippen LogP contribution >= 0.6 is 0 Å². The zero-order valence-electron chi connectivity index (χ0n) is 42.4. The van der Waals surface area contributed by atoms with E-state index < -0.39 is 6.10 Å². The molecule has 0 aliphatic carbocycles. The van der Waals surface area contributed by atoms with Crippen LogP contribution in [0.25, 0.3) is 0 Å². The second-order valence-electron chi connectivity index (χ2n) is 17.1. The highest BCUT2D eigenvalue weighted by molar-refractivity contribution is 5.71. The second kappa shape index (κ2) is 53.4. The van der Waals surface area contributed by atoms with Gasteiger partial charge in [0.1, 0.15) is 13.2 Å². The molecule has 0 aromatic heterocycles. The molecule has 0 aromatic carbocycles. The van der Waals surface area contributed by atoms with Crippen LogP contribution in [0.4, 0.5) is 0 Å². The number of ether oxygens (including phenoxy) is 3. The Balaban J connectivity index is 4.35. The summed E-state index contributed by atoms with van der Waals surface area (Å²) in [5.41, 5.74) is 0. The normalized spacial score (nSPS) is 13.1. The molecule has 0 bridgehead atoms. The molecular formula is C60H96O6. The lowest BCUT2D eigenvalue weighted by Crippen LogP contribution is -2.30.